The summed E-state index contributed by atoms with van der Waals surface area (Å²) >= 11 is 0. The van der Waals surface area contributed by atoms with Crippen LogP contribution in [-0.2, 0) is 0 Å². The molecule has 1 heterocycles. The average molecular weight is 258 g/mol. The predicted molar refractivity (Wildman–Crippen MR) is 81.3 cm³/mol. The van der Waals surface area contributed by atoms with Crippen LogP contribution < -0.4 is 4.90 Å². The molecule has 1 aliphatic heterocycles. The van der Waals surface area contributed by atoms with Crippen LogP contribution in [0.4, 0.5) is 5.69 Å². The maximum atomic E-state index is 8.74. The average Bonchev–Trinajstić information content (AvgIpc) is 2.31. The van der Waals surface area contributed by atoms with Gasteiger partial charge in [0.25, 0.3) is 0 Å². The fourth-order valence-electron chi connectivity index (χ4n) is 3.02. The zero-order chi connectivity index (χ0) is 14.2. The standard InChI is InChI=1S/C16H22N2O/c1-6-18-15-7-11(2)13(10-17-19)8-14(15)12(3)9-16(18,4)5/h7-10,19H,6H2,1-5H3. The minimum absolute atomic E-state index is 0.0326. The molecule has 102 valence electrons. The lowest BCUT2D eigenvalue weighted by Crippen LogP contribution is -2.45. The van der Waals surface area contributed by atoms with Crippen molar-refractivity contribution < 1.29 is 5.21 Å². The Bertz CT molecular complexity index is 556. The molecule has 0 fully saturated rings. The Morgan fingerprint density at radius 3 is 2.58 bits per heavy atom. The van der Waals surface area contributed by atoms with E-state index in [4.69, 9.17) is 5.21 Å². The molecular weight excluding hydrogens is 236 g/mol. The van der Waals surface area contributed by atoms with Gasteiger partial charge in [0.1, 0.15) is 0 Å². The molecule has 0 aromatic heterocycles. The molecule has 0 amide bonds. The summed E-state index contributed by atoms with van der Waals surface area (Å²) in [6.45, 7) is 11.8. The minimum Gasteiger partial charge on any atom is -0.411 e. The molecule has 1 N–H and O–H groups in total. The third-order valence-corrected chi connectivity index (χ3v) is 3.88. The molecule has 0 aliphatic carbocycles. The number of hydrogen-bond acceptors (Lipinski definition) is 3. The van der Waals surface area contributed by atoms with Gasteiger partial charge in [-0.2, -0.15) is 0 Å². The summed E-state index contributed by atoms with van der Waals surface area (Å²) in [5, 5.41) is 11.9. The van der Waals surface area contributed by atoms with E-state index in [1.165, 1.54) is 23.0 Å². The zero-order valence-corrected chi connectivity index (χ0v) is 12.4. The van der Waals surface area contributed by atoms with Gasteiger partial charge >= 0.3 is 0 Å². The van der Waals surface area contributed by atoms with E-state index in [1.807, 2.05) is 6.92 Å². The molecule has 1 aromatic carbocycles. The van der Waals surface area contributed by atoms with Gasteiger partial charge in [-0.05, 0) is 63.5 Å². The number of nitrogens with zero attached hydrogens (tertiary/aromatic N) is 2. The van der Waals surface area contributed by atoms with Crippen molar-refractivity contribution in [3.05, 3.63) is 34.9 Å². The number of likely N-dealkylation sites (N-methyl/N-ethyl adjacent to an activating group) is 1. The maximum absolute atomic E-state index is 8.74. The summed E-state index contributed by atoms with van der Waals surface area (Å²) in [6.07, 6.45) is 3.80. The van der Waals surface area contributed by atoms with Gasteiger partial charge in [-0.3, -0.25) is 0 Å². The van der Waals surface area contributed by atoms with Crippen molar-refractivity contribution >= 4 is 17.5 Å². The van der Waals surface area contributed by atoms with Crippen LogP contribution in [0.25, 0.3) is 5.57 Å². The summed E-state index contributed by atoms with van der Waals surface area (Å²) in [4.78, 5) is 2.40. The number of fused-ring (bicyclic) bond motifs is 1. The Hall–Kier alpha value is -1.77. The number of oxime groups is 1. The normalized spacial score (nSPS) is 17.5. The number of allylic oxidation sites excluding steroid dienone is 1. The molecule has 0 saturated carbocycles. The van der Waals surface area contributed by atoms with E-state index in [0.717, 1.165) is 17.7 Å². The Morgan fingerprint density at radius 2 is 2.00 bits per heavy atom. The molecule has 0 unspecified atom stereocenters. The molecule has 3 heteroatoms. The second-order valence-corrected chi connectivity index (χ2v) is 5.70. The van der Waals surface area contributed by atoms with Gasteiger partial charge in [0.2, 0.25) is 0 Å². The molecule has 0 bridgehead atoms. The molecule has 19 heavy (non-hydrogen) atoms. The van der Waals surface area contributed by atoms with Crippen LogP contribution >= 0.6 is 0 Å². The van der Waals surface area contributed by atoms with Crippen molar-refractivity contribution in [2.45, 2.75) is 40.2 Å². The molecule has 0 radical (unpaired) electrons. The maximum Gasteiger partial charge on any atom is 0.0736 e. The van der Waals surface area contributed by atoms with Crippen molar-refractivity contribution in [1.29, 1.82) is 0 Å². The summed E-state index contributed by atoms with van der Waals surface area (Å²) in [5.74, 6) is 0. The van der Waals surface area contributed by atoms with E-state index < -0.39 is 0 Å². The van der Waals surface area contributed by atoms with Crippen molar-refractivity contribution in [3.8, 4) is 0 Å². The number of anilines is 1. The molecule has 1 aliphatic rings. The second-order valence-electron chi connectivity index (χ2n) is 5.70. The third kappa shape index (κ3) is 2.25. The highest BCUT2D eigenvalue weighted by Gasteiger charge is 2.30. The van der Waals surface area contributed by atoms with Crippen molar-refractivity contribution in [3.63, 3.8) is 0 Å². The van der Waals surface area contributed by atoms with E-state index in [2.05, 4.69) is 56.0 Å². The van der Waals surface area contributed by atoms with Crippen LogP contribution in [0.5, 0.6) is 0 Å². The van der Waals surface area contributed by atoms with Gasteiger partial charge in [0, 0.05) is 17.8 Å². The Labute approximate surface area is 115 Å². The van der Waals surface area contributed by atoms with Crippen molar-refractivity contribution in [2.75, 3.05) is 11.4 Å². The highest BCUT2D eigenvalue weighted by Crippen LogP contribution is 2.39. The van der Waals surface area contributed by atoms with E-state index in [9.17, 15) is 0 Å². The number of rotatable bonds is 2. The Kier molecular flexibility index (Phi) is 3.40. The summed E-state index contributed by atoms with van der Waals surface area (Å²) in [5.41, 5.74) is 5.88. The quantitative estimate of drug-likeness (QED) is 0.497. The van der Waals surface area contributed by atoms with Gasteiger partial charge in [-0.1, -0.05) is 11.2 Å². The Morgan fingerprint density at radius 1 is 1.32 bits per heavy atom. The Balaban J connectivity index is 2.67. The summed E-state index contributed by atoms with van der Waals surface area (Å²) in [6, 6.07) is 4.29. The summed E-state index contributed by atoms with van der Waals surface area (Å²) in [7, 11) is 0. The SMILES string of the molecule is CCN1c2cc(C)c(C=NO)cc2C(C)=CC1(C)C. The highest BCUT2D eigenvalue weighted by molar-refractivity contribution is 5.89. The molecule has 0 atom stereocenters. The highest BCUT2D eigenvalue weighted by atomic mass is 16.4. The van der Waals surface area contributed by atoms with E-state index >= 15 is 0 Å². The number of hydrogen-bond donors (Lipinski definition) is 1. The lowest BCUT2D eigenvalue weighted by molar-refractivity contribution is 0.322. The van der Waals surface area contributed by atoms with Gasteiger partial charge in [-0.25, -0.2) is 0 Å². The second kappa shape index (κ2) is 4.72. The molecule has 0 spiro atoms. The third-order valence-electron chi connectivity index (χ3n) is 3.88. The number of benzene rings is 1. The molecule has 3 nitrogen and oxygen atoms in total. The monoisotopic (exact) mass is 258 g/mol. The first-order valence-corrected chi connectivity index (χ1v) is 6.70. The first-order chi connectivity index (χ1) is 8.90. The minimum atomic E-state index is 0.0326. The van der Waals surface area contributed by atoms with Crippen LogP contribution in [0.3, 0.4) is 0 Å². The van der Waals surface area contributed by atoms with Gasteiger partial charge in [0.15, 0.2) is 0 Å². The fourth-order valence-corrected chi connectivity index (χ4v) is 3.02. The lowest BCUT2D eigenvalue weighted by Gasteiger charge is -2.43. The zero-order valence-electron chi connectivity index (χ0n) is 12.4. The predicted octanol–water partition coefficient (Wildman–Crippen LogP) is 3.82. The first kappa shape index (κ1) is 13.7. The first-order valence-electron chi connectivity index (χ1n) is 6.70. The van der Waals surface area contributed by atoms with Crippen molar-refractivity contribution in [2.24, 2.45) is 5.16 Å². The topological polar surface area (TPSA) is 35.8 Å². The number of aryl methyl sites for hydroxylation is 1. The van der Waals surface area contributed by atoms with Crippen LogP contribution in [-0.4, -0.2) is 23.5 Å². The van der Waals surface area contributed by atoms with E-state index in [-0.39, 0.29) is 5.54 Å². The largest absolute Gasteiger partial charge is 0.411 e. The molecule has 1 aromatic rings. The van der Waals surface area contributed by atoms with Crippen molar-refractivity contribution in [1.82, 2.24) is 0 Å². The van der Waals surface area contributed by atoms with E-state index in [0.29, 0.717) is 0 Å². The van der Waals surface area contributed by atoms with E-state index in [1.54, 1.807) is 0 Å². The smallest absolute Gasteiger partial charge is 0.0736 e. The van der Waals surface area contributed by atoms with Gasteiger partial charge in [0.05, 0.1) is 11.8 Å². The molecule has 2 rings (SSSR count). The summed E-state index contributed by atoms with van der Waals surface area (Å²) < 4.78 is 0. The lowest BCUT2D eigenvalue weighted by atomic mass is 9.87. The fraction of sp³-hybridized carbons (Fsp3) is 0.438. The van der Waals surface area contributed by atoms with Crippen LogP contribution in [0.15, 0.2) is 23.4 Å². The van der Waals surface area contributed by atoms with Crippen LogP contribution in [0.2, 0.25) is 0 Å². The van der Waals surface area contributed by atoms with Gasteiger partial charge < -0.3 is 10.1 Å². The van der Waals surface area contributed by atoms with Crippen LogP contribution in [0, 0.1) is 6.92 Å². The van der Waals surface area contributed by atoms with Crippen LogP contribution in [0.1, 0.15) is 44.4 Å². The molecule has 0 saturated heterocycles. The van der Waals surface area contributed by atoms with Gasteiger partial charge in [-0.15, -0.1) is 0 Å². The molecular formula is C16H22N2O.